The lowest BCUT2D eigenvalue weighted by molar-refractivity contribution is 0.385. The Morgan fingerprint density at radius 2 is 0.962 bits per heavy atom. The van der Waals surface area contributed by atoms with Crippen molar-refractivity contribution >= 4 is 0 Å². The van der Waals surface area contributed by atoms with Crippen LogP contribution in [-0.4, -0.2) is 0 Å². The van der Waals surface area contributed by atoms with Gasteiger partial charge in [0.2, 0.25) is 0 Å². The number of rotatable bonds is 0. The molecule has 4 aliphatic carbocycles. The van der Waals surface area contributed by atoms with Crippen molar-refractivity contribution in [3.05, 3.63) is 23.3 Å². The molecule has 0 heteroatoms. The molecule has 0 aromatic rings. The van der Waals surface area contributed by atoms with Gasteiger partial charge in [0.15, 0.2) is 0 Å². The molecular formula is C26H48. The van der Waals surface area contributed by atoms with Crippen molar-refractivity contribution in [2.45, 2.75) is 130 Å². The van der Waals surface area contributed by atoms with E-state index in [0.29, 0.717) is 0 Å². The molecule has 2 saturated carbocycles. The second-order valence-electron chi connectivity index (χ2n) is 9.37. The number of hydrogen-bond donors (Lipinski definition) is 0. The predicted molar refractivity (Wildman–Crippen MR) is 120 cm³/mol. The fourth-order valence-electron chi connectivity index (χ4n) is 4.27. The molecule has 0 aromatic heterocycles. The summed E-state index contributed by atoms with van der Waals surface area (Å²) in [4.78, 5) is 0. The number of hydrogen-bond acceptors (Lipinski definition) is 0. The highest BCUT2D eigenvalue weighted by molar-refractivity contribution is 5.03. The predicted octanol–water partition coefficient (Wildman–Crippen LogP) is 9.41. The van der Waals surface area contributed by atoms with Gasteiger partial charge in [-0.25, -0.2) is 0 Å². The first-order valence-electron chi connectivity index (χ1n) is 11.9. The topological polar surface area (TPSA) is 0 Å². The summed E-state index contributed by atoms with van der Waals surface area (Å²) in [6.45, 7) is 9.12. The van der Waals surface area contributed by atoms with E-state index in [1.165, 1.54) is 103 Å². The SMILES string of the molecule is CC1=CCCC1.CC1=CCCCC1.CC1CCCC1.CC1CCCCC1. The zero-order valence-corrected chi connectivity index (χ0v) is 18.6. The second-order valence-corrected chi connectivity index (χ2v) is 9.37. The van der Waals surface area contributed by atoms with E-state index < -0.39 is 0 Å². The van der Waals surface area contributed by atoms with Gasteiger partial charge >= 0.3 is 0 Å². The molecule has 0 spiro atoms. The van der Waals surface area contributed by atoms with Gasteiger partial charge in [-0.15, -0.1) is 0 Å². The van der Waals surface area contributed by atoms with Crippen molar-refractivity contribution in [1.29, 1.82) is 0 Å². The van der Waals surface area contributed by atoms with Crippen LogP contribution in [0.15, 0.2) is 23.3 Å². The average molecular weight is 361 g/mol. The first-order chi connectivity index (χ1) is 12.6. The van der Waals surface area contributed by atoms with E-state index in [-0.39, 0.29) is 0 Å². The molecule has 0 N–H and O–H groups in total. The van der Waals surface area contributed by atoms with Crippen LogP contribution in [0.1, 0.15) is 130 Å². The van der Waals surface area contributed by atoms with E-state index in [1.54, 1.807) is 11.1 Å². The fourth-order valence-corrected chi connectivity index (χ4v) is 4.27. The van der Waals surface area contributed by atoms with Crippen molar-refractivity contribution < 1.29 is 0 Å². The Morgan fingerprint density at radius 3 is 1.15 bits per heavy atom. The highest BCUT2D eigenvalue weighted by Gasteiger charge is 2.07. The van der Waals surface area contributed by atoms with Gasteiger partial charge in [-0.05, 0) is 70.6 Å². The minimum Gasteiger partial charge on any atom is -0.0856 e. The van der Waals surface area contributed by atoms with Gasteiger partial charge in [-0.1, -0.05) is 94.9 Å². The smallest absolute Gasteiger partial charge is 0.0320 e. The molecule has 4 aliphatic rings. The minimum atomic E-state index is 1.04. The van der Waals surface area contributed by atoms with Crippen molar-refractivity contribution in [3.8, 4) is 0 Å². The van der Waals surface area contributed by atoms with E-state index in [4.69, 9.17) is 0 Å². The molecule has 4 rings (SSSR count). The summed E-state index contributed by atoms with van der Waals surface area (Å²) < 4.78 is 0. The normalized spacial score (nSPS) is 23.4. The van der Waals surface area contributed by atoms with Crippen LogP contribution in [0.4, 0.5) is 0 Å². The van der Waals surface area contributed by atoms with Crippen molar-refractivity contribution in [2.75, 3.05) is 0 Å². The third-order valence-electron chi connectivity index (χ3n) is 6.32. The molecule has 0 amide bonds. The molecule has 0 aliphatic heterocycles. The molecule has 0 unspecified atom stereocenters. The maximum Gasteiger partial charge on any atom is -0.0320 e. The van der Waals surface area contributed by atoms with Crippen LogP contribution in [0.3, 0.4) is 0 Å². The lowest BCUT2D eigenvalue weighted by atomic mass is 9.91. The van der Waals surface area contributed by atoms with Gasteiger partial charge in [0.1, 0.15) is 0 Å². The Labute approximate surface area is 165 Å². The molecular weight excluding hydrogens is 312 g/mol. The Morgan fingerprint density at radius 1 is 0.538 bits per heavy atom. The lowest BCUT2D eigenvalue weighted by Gasteiger charge is -2.15. The summed E-state index contributed by atoms with van der Waals surface area (Å²) in [5, 5.41) is 0. The van der Waals surface area contributed by atoms with Crippen LogP contribution >= 0.6 is 0 Å². The van der Waals surface area contributed by atoms with Gasteiger partial charge in [-0.2, -0.15) is 0 Å². The summed E-state index contributed by atoms with van der Waals surface area (Å²) in [6, 6.07) is 0. The Bertz CT molecular complexity index is 375. The van der Waals surface area contributed by atoms with Crippen molar-refractivity contribution in [2.24, 2.45) is 11.8 Å². The van der Waals surface area contributed by atoms with Crippen LogP contribution in [0.25, 0.3) is 0 Å². The molecule has 0 atom stereocenters. The van der Waals surface area contributed by atoms with Gasteiger partial charge in [0, 0.05) is 0 Å². The van der Waals surface area contributed by atoms with Crippen LogP contribution in [-0.2, 0) is 0 Å². The second kappa shape index (κ2) is 15.5. The summed E-state index contributed by atoms with van der Waals surface area (Å²) in [6.07, 6.45) is 27.6. The summed E-state index contributed by atoms with van der Waals surface area (Å²) in [5.41, 5.74) is 3.17. The Kier molecular flexibility index (Phi) is 14.0. The first kappa shape index (κ1) is 23.5. The lowest BCUT2D eigenvalue weighted by Crippen LogP contribution is -1.99. The van der Waals surface area contributed by atoms with Gasteiger partial charge in [0.25, 0.3) is 0 Å². The van der Waals surface area contributed by atoms with E-state index >= 15 is 0 Å². The standard InChI is InChI=1S/C7H14.C7H12.C6H12.C6H10/c2*1-7-5-3-2-4-6-7;2*1-6-4-2-3-5-6/h7H,2-6H2,1H3;5H,2-4,6H2,1H3;6H,2-5H2,1H3;4H,2-3,5H2,1H3. The zero-order chi connectivity index (χ0) is 19.0. The molecule has 0 nitrogen and oxygen atoms in total. The quantitative estimate of drug-likeness (QED) is 0.377. The largest absolute Gasteiger partial charge is 0.0856 e. The monoisotopic (exact) mass is 360 g/mol. The molecule has 26 heavy (non-hydrogen) atoms. The van der Waals surface area contributed by atoms with Crippen LogP contribution in [0.5, 0.6) is 0 Å². The van der Waals surface area contributed by atoms with Crippen LogP contribution in [0, 0.1) is 11.8 Å². The number of allylic oxidation sites excluding steroid dienone is 4. The molecule has 0 bridgehead atoms. The molecule has 0 aromatic carbocycles. The minimum absolute atomic E-state index is 1.04. The summed E-state index contributed by atoms with van der Waals surface area (Å²) in [7, 11) is 0. The van der Waals surface area contributed by atoms with Crippen molar-refractivity contribution in [3.63, 3.8) is 0 Å². The highest BCUT2D eigenvalue weighted by atomic mass is 14.1. The Balaban J connectivity index is 0.000000174. The first-order valence-corrected chi connectivity index (χ1v) is 11.9. The fraction of sp³-hybridized carbons (Fsp3) is 0.846. The van der Waals surface area contributed by atoms with E-state index in [2.05, 4.69) is 39.8 Å². The molecule has 0 heterocycles. The van der Waals surface area contributed by atoms with Gasteiger partial charge in [-0.3, -0.25) is 0 Å². The average Bonchev–Trinajstić information content (AvgIpc) is 3.31. The summed E-state index contributed by atoms with van der Waals surface area (Å²) in [5.74, 6) is 2.08. The summed E-state index contributed by atoms with van der Waals surface area (Å²) >= 11 is 0. The van der Waals surface area contributed by atoms with Gasteiger partial charge in [0.05, 0.1) is 0 Å². The Hall–Kier alpha value is -0.520. The maximum absolute atomic E-state index is 2.36. The van der Waals surface area contributed by atoms with E-state index in [1.807, 2.05) is 0 Å². The van der Waals surface area contributed by atoms with Crippen LogP contribution in [0.2, 0.25) is 0 Å². The van der Waals surface area contributed by atoms with Crippen molar-refractivity contribution in [1.82, 2.24) is 0 Å². The molecule has 0 radical (unpaired) electrons. The van der Waals surface area contributed by atoms with Gasteiger partial charge < -0.3 is 0 Å². The highest BCUT2D eigenvalue weighted by Crippen LogP contribution is 2.23. The third-order valence-corrected chi connectivity index (χ3v) is 6.32. The zero-order valence-electron chi connectivity index (χ0n) is 18.6. The molecule has 2 fully saturated rings. The maximum atomic E-state index is 2.36. The van der Waals surface area contributed by atoms with Crippen LogP contribution < -0.4 is 0 Å². The van der Waals surface area contributed by atoms with E-state index in [0.717, 1.165) is 11.8 Å². The molecule has 152 valence electrons. The molecule has 0 saturated heterocycles. The van der Waals surface area contributed by atoms with E-state index in [9.17, 15) is 0 Å². The third kappa shape index (κ3) is 13.7.